The third-order valence-corrected chi connectivity index (χ3v) is 3.09. The summed E-state index contributed by atoms with van der Waals surface area (Å²) in [5.41, 5.74) is 0. The SMILES string of the molecule is CCCC(CBr)Cn1ccc([N+](=O)[O-])n1. The Kier molecular flexibility index (Phi) is 4.74. The van der Waals surface area contributed by atoms with Crippen LogP contribution in [0.2, 0.25) is 0 Å². The summed E-state index contributed by atoms with van der Waals surface area (Å²) in [7, 11) is 0. The van der Waals surface area contributed by atoms with Gasteiger partial charge >= 0.3 is 5.82 Å². The zero-order valence-corrected chi connectivity index (χ0v) is 10.2. The van der Waals surface area contributed by atoms with E-state index >= 15 is 0 Å². The lowest BCUT2D eigenvalue weighted by molar-refractivity contribution is -0.389. The van der Waals surface area contributed by atoms with Crippen molar-refractivity contribution in [1.82, 2.24) is 9.78 Å². The van der Waals surface area contributed by atoms with Crippen molar-refractivity contribution in [2.45, 2.75) is 26.3 Å². The molecule has 0 radical (unpaired) electrons. The fourth-order valence-corrected chi connectivity index (χ4v) is 1.97. The van der Waals surface area contributed by atoms with E-state index < -0.39 is 4.92 Å². The van der Waals surface area contributed by atoms with Gasteiger partial charge in [0.25, 0.3) is 0 Å². The van der Waals surface area contributed by atoms with Gasteiger partial charge in [-0.2, -0.15) is 4.68 Å². The van der Waals surface area contributed by atoms with Crippen LogP contribution in [0, 0.1) is 16.0 Å². The molecule has 0 N–H and O–H groups in total. The molecule has 1 heterocycles. The first kappa shape index (κ1) is 12.2. The van der Waals surface area contributed by atoms with E-state index in [1.54, 1.807) is 10.9 Å². The zero-order chi connectivity index (χ0) is 11.3. The Morgan fingerprint density at radius 2 is 2.47 bits per heavy atom. The van der Waals surface area contributed by atoms with Gasteiger partial charge in [-0.25, -0.2) is 0 Å². The van der Waals surface area contributed by atoms with Crippen LogP contribution in [-0.2, 0) is 6.54 Å². The molecular weight excluding hydrogens is 262 g/mol. The Labute approximate surface area is 96.7 Å². The normalized spacial score (nSPS) is 12.7. The second kappa shape index (κ2) is 5.85. The summed E-state index contributed by atoms with van der Waals surface area (Å²) in [6.07, 6.45) is 3.86. The minimum absolute atomic E-state index is 0.0835. The molecule has 1 aromatic heterocycles. The van der Waals surface area contributed by atoms with Crippen LogP contribution in [0.15, 0.2) is 12.3 Å². The van der Waals surface area contributed by atoms with Crippen LogP contribution in [0.1, 0.15) is 19.8 Å². The molecule has 1 atom stereocenters. The van der Waals surface area contributed by atoms with E-state index in [2.05, 4.69) is 28.0 Å². The van der Waals surface area contributed by atoms with Crippen LogP contribution in [0.5, 0.6) is 0 Å². The summed E-state index contributed by atoms with van der Waals surface area (Å²) in [4.78, 5) is 9.94. The summed E-state index contributed by atoms with van der Waals surface area (Å²) >= 11 is 3.44. The van der Waals surface area contributed by atoms with Gasteiger partial charge in [0.2, 0.25) is 0 Å². The maximum absolute atomic E-state index is 10.4. The van der Waals surface area contributed by atoms with Crippen molar-refractivity contribution >= 4 is 21.7 Å². The summed E-state index contributed by atoms with van der Waals surface area (Å²) in [5.74, 6) is 0.398. The highest BCUT2D eigenvalue weighted by atomic mass is 79.9. The lowest BCUT2D eigenvalue weighted by Crippen LogP contribution is -2.12. The maximum atomic E-state index is 10.4. The molecule has 15 heavy (non-hydrogen) atoms. The van der Waals surface area contributed by atoms with Gasteiger partial charge in [-0.3, -0.25) is 0 Å². The second-order valence-corrected chi connectivity index (χ2v) is 4.11. The first-order chi connectivity index (χ1) is 7.17. The van der Waals surface area contributed by atoms with Gasteiger partial charge in [-0.05, 0) is 17.3 Å². The van der Waals surface area contributed by atoms with Crippen molar-refractivity contribution in [2.24, 2.45) is 5.92 Å². The molecule has 0 aromatic carbocycles. The Bertz CT molecular complexity index is 327. The average Bonchev–Trinajstić information content (AvgIpc) is 2.65. The molecular formula is C9H14BrN3O2. The minimum atomic E-state index is -0.473. The standard InChI is InChI=1S/C9H14BrN3O2/c1-2-3-8(6-10)7-12-5-4-9(11-12)13(14)15/h4-5,8H,2-3,6-7H2,1H3. The van der Waals surface area contributed by atoms with Gasteiger partial charge in [0.1, 0.15) is 0 Å². The number of halogens is 1. The fraction of sp³-hybridized carbons (Fsp3) is 0.667. The molecule has 84 valence electrons. The van der Waals surface area contributed by atoms with Gasteiger partial charge in [-0.1, -0.05) is 29.3 Å². The van der Waals surface area contributed by atoms with Crippen LogP contribution >= 0.6 is 15.9 Å². The fourth-order valence-electron chi connectivity index (χ4n) is 1.44. The Morgan fingerprint density at radius 3 is 2.93 bits per heavy atom. The molecule has 0 aliphatic heterocycles. The van der Waals surface area contributed by atoms with Crippen molar-refractivity contribution < 1.29 is 4.92 Å². The Hall–Kier alpha value is -0.910. The van der Waals surface area contributed by atoms with Crippen LogP contribution in [0.25, 0.3) is 0 Å². The number of rotatable bonds is 6. The molecule has 0 saturated carbocycles. The first-order valence-corrected chi connectivity index (χ1v) is 6.03. The van der Waals surface area contributed by atoms with Gasteiger partial charge in [0, 0.05) is 5.33 Å². The van der Waals surface area contributed by atoms with Crippen LogP contribution in [-0.4, -0.2) is 20.0 Å². The molecule has 0 saturated heterocycles. The van der Waals surface area contributed by atoms with E-state index in [1.165, 1.54) is 6.07 Å². The van der Waals surface area contributed by atoms with Gasteiger partial charge in [0.05, 0.1) is 23.9 Å². The molecule has 5 nitrogen and oxygen atoms in total. The van der Waals surface area contributed by atoms with Crippen molar-refractivity contribution in [2.75, 3.05) is 5.33 Å². The molecule has 1 rings (SSSR count). The van der Waals surface area contributed by atoms with Gasteiger partial charge in [-0.15, -0.1) is 0 Å². The first-order valence-electron chi connectivity index (χ1n) is 4.91. The quantitative estimate of drug-likeness (QED) is 0.456. The molecule has 0 spiro atoms. The number of nitrogens with zero attached hydrogens (tertiary/aromatic N) is 3. The average molecular weight is 276 g/mol. The Balaban J connectivity index is 2.59. The van der Waals surface area contributed by atoms with Gasteiger partial charge < -0.3 is 10.1 Å². The highest BCUT2D eigenvalue weighted by Crippen LogP contribution is 2.13. The predicted molar refractivity (Wildman–Crippen MR) is 61.1 cm³/mol. The predicted octanol–water partition coefficient (Wildman–Crippen LogP) is 2.60. The minimum Gasteiger partial charge on any atom is -0.358 e. The molecule has 1 aromatic rings. The topological polar surface area (TPSA) is 61.0 Å². The number of aromatic nitrogens is 2. The van der Waals surface area contributed by atoms with Crippen molar-refractivity contribution in [3.8, 4) is 0 Å². The molecule has 0 aliphatic carbocycles. The van der Waals surface area contributed by atoms with Crippen LogP contribution < -0.4 is 0 Å². The molecule has 6 heteroatoms. The Morgan fingerprint density at radius 1 is 1.73 bits per heavy atom. The van der Waals surface area contributed by atoms with E-state index in [0.717, 1.165) is 24.7 Å². The second-order valence-electron chi connectivity index (χ2n) is 3.46. The van der Waals surface area contributed by atoms with Crippen LogP contribution in [0.3, 0.4) is 0 Å². The van der Waals surface area contributed by atoms with Crippen molar-refractivity contribution in [1.29, 1.82) is 0 Å². The number of hydrogen-bond donors (Lipinski definition) is 0. The van der Waals surface area contributed by atoms with Crippen molar-refractivity contribution in [3.05, 3.63) is 22.4 Å². The number of hydrogen-bond acceptors (Lipinski definition) is 3. The smallest absolute Gasteiger partial charge is 0.358 e. The van der Waals surface area contributed by atoms with E-state index in [1.807, 2.05) is 0 Å². The maximum Gasteiger partial charge on any atom is 0.389 e. The van der Waals surface area contributed by atoms with E-state index in [9.17, 15) is 10.1 Å². The summed E-state index contributed by atoms with van der Waals surface area (Å²) in [6, 6.07) is 1.43. The highest BCUT2D eigenvalue weighted by molar-refractivity contribution is 9.09. The summed E-state index contributed by atoms with van der Waals surface area (Å²) in [6.45, 7) is 2.86. The molecule has 0 aliphatic rings. The molecule has 0 fully saturated rings. The largest absolute Gasteiger partial charge is 0.389 e. The van der Waals surface area contributed by atoms with Crippen LogP contribution in [0.4, 0.5) is 5.82 Å². The lowest BCUT2D eigenvalue weighted by Gasteiger charge is -2.09. The van der Waals surface area contributed by atoms with Gasteiger partial charge in [0.15, 0.2) is 0 Å². The lowest BCUT2D eigenvalue weighted by atomic mass is 10.1. The molecule has 0 bridgehead atoms. The summed E-state index contributed by atoms with van der Waals surface area (Å²) < 4.78 is 1.64. The van der Waals surface area contributed by atoms with Crippen molar-refractivity contribution in [3.63, 3.8) is 0 Å². The number of alkyl halides is 1. The van der Waals surface area contributed by atoms with E-state index in [4.69, 9.17) is 0 Å². The molecule has 0 amide bonds. The monoisotopic (exact) mass is 275 g/mol. The highest BCUT2D eigenvalue weighted by Gasteiger charge is 2.14. The van der Waals surface area contributed by atoms with E-state index in [-0.39, 0.29) is 5.82 Å². The third kappa shape index (κ3) is 3.62. The van der Waals surface area contributed by atoms with E-state index in [0.29, 0.717) is 5.92 Å². The molecule has 1 unspecified atom stereocenters. The third-order valence-electron chi connectivity index (χ3n) is 2.17. The zero-order valence-electron chi connectivity index (χ0n) is 8.60. The number of nitro groups is 1. The summed E-state index contributed by atoms with van der Waals surface area (Å²) in [5, 5.41) is 15.2.